The normalized spacial score (nSPS) is 12.5. The average Bonchev–Trinajstić information content (AvgIpc) is 3.28. The van der Waals surface area contributed by atoms with E-state index in [1.165, 1.54) is 122 Å². The number of rotatable bonds is 48. The fraction of sp³-hybridized carbons (Fsp3) is 0.772. The van der Waals surface area contributed by atoms with E-state index in [9.17, 15) is 14.4 Å². The quantitative estimate of drug-likeness (QED) is 0.0262. The summed E-state index contributed by atoms with van der Waals surface area (Å²) in [5.41, 5.74) is 0. The minimum atomic E-state index is -0.787. The van der Waals surface area contributed by atoms with Gasteiger partial charge in [0, 0.05) is 19.3 Å². The zero-order valence-corrected chi connectivity index (χ0v) is 41.6. The summed E-state index contributed by atoms with van der Waals surface area (Å²) in [6.45, 7) is 6.55. The molecule has 0 heterocycles. The lowest BCUT2D eigenvalue weighted by Crippen LogP contribution is -2.30. The van der Waals surface area contributed by atoms with Gasteiger partial charge in [0.2, 0.25) is 0 Å². The average molecular weight is 881 g/mol. The first-order chi connectivity index (χ1) is 31.0. The largest absolute Gasteiger partial charge is 0.462 e. The van der Waals surface area contributed by atoms with Gasteiger partial charge in [-0.05, 0) is 103 Å². The molecule has 6 nitrogen and oxygen atoms in total. The smallest absolute Gasteiger partial charge is 0.306 e. The molecular weight excluding hydrogens is 781 g/mol. The van der Waals surface area contributed by atoms with E-state index in [1.807, 2.05) is 0 Å². The topological polar surface area (TPSA) is 78.9 Å². The number of hydrogen-bond acceptors (Lipinski definition) is 6. The number of allylic oxidation sites excluding steroid dienone is 10. The van der Waals surface area contributed by atoms with Crippen molar-refractivity contribution >= 4 is 17.9 Å². The van der Waals surface area contributed by atoms with Gasteiger partial charge in [0.25, 0.3) is 0 Å². The van der Waals surface area contributed by atoms with Crippen LogP contribution in [-0.2, 0) is 28.6 Å². The van der Waals surface area contributed by atoms with Crippen LogP contribution in [0.1, 0.15) is 265 Å². The van der Waals surface area contributed by atoms with E-state index in [2.05, 4.69) is 81.5 Å². The lowest BCUT2D eigenvalue weighted by atomic mass is 10.1. The van der Waals surface area contributed by atoms with E-state index in [4.69, 9.17) is 14.2 Å². The molecule has 0 rings (SSSR count). The first-order valence-electron chi connectivity index (χ1n) is 26.8. The predicted molar refractivity (Wildman–Crippen MR) is 270 cm³/mol. The summed E-state index contributed by atoms with van der Waals surface area (Å²) in [7, 11) is 0. The fourth-order valence-electron chi connectivity index (χ4n) is 7.37. The Balaban J connectivity index is 4.41. The molecule has 0 amide bonds. The van der Waals surface area contributed by atoms with Crippen molar-refractivity contribution in [2.24, 2.45) is 0 Å². The Kier molecular flexibility index (Phi) is 49.4. The van der Waals surface area contributed by atoms with Crippen LogP contribution in [0.5, 0.6) is 0 Å². The van der Waals surface area contributed by atoms with Gasteiger partial charge in [0.1, 0.15) is 13.2 Å². The summed E-state index contributed by atoms with van der Waals surface area (Å²) >= 11 is 0. The number of carbonyl (C=O) groups excluding carboxylic acids is 3. The van der Waals surface area contributed by atoms with E-state index in [0.29, 0.717) is 19.3 Å². The van der Waals surface area contributed by atoms with Crippen molar-refractivity contribution in [3.05, 3.63) is 60.8 Å². The molecule has 0 saturated carbocycles. The highest BCUT2D eigenvalue weighted by atomic mass is 16.6. The predicted octanol–water partition coefficient (Wildman–Crippen LogP) is 17.6. The Morgan fingerprint density at radius 3 is 0.968 bits per heavy atom. The zero-order valence-electron chi connectivity index (χ0n) is 41.6. The van der Waals surface area contributed by atoms with Crippen LogP contribution in [0.3, 0.4) is 0 Å². The molecule has 0 aromatic carbocycles. The van der Waals surface area contributed by atoms with Crippen LogP contribution in [0.15, 0.2) is 60.8 Å². The molecule has 6 heteroatoms. The van der Waals surface area contributed by atoms with Crippen molar-refractivity contribution in [1.29, 1.82) is 0 Å². The summed E-state index contributed by atoms with van der Waals surface area (Å²) in [6, 6.07) is 0. The molecule has 0 aliphatic rings. The Morgan fingerprint density at radius 2 is 0.587 bits per heavy atom. The number of ether oxygens (including phenoxy) is 3. The highest BCUT2D eigenvalue weighted by Gasteiger charge is 2.19. The van der Waals surface area contributed by atoms with E-state index < -0.39 is 6.10 Å². The molecule has 63 heavy (non-hydrogen) atoms. The highest BCUT2D eigenvalue weighted by Crippen LogP contribution is 2.14. The van der Waals surface area contributed by atoms with Crippen molar-refractivity contribution in [1.82, 2.24) is 0 Å². The number of hydrogen-bond donors (Lipinski definition) is 0. The maximum Gasteiger partial charge on any atom is 0.306 e. The summed E-state index contributed by atoms with van der Waals surface area (Å²) in [4.78, 5) is 38.0. The van der Waals surface area contributed by atoms with Crippen LogP contribution in [0.25, 0.3) is 0 Å². The zero-order chi connectivity index (χ0) is 45.8. The monoisotopic (exact) mass is 881 g/mol. The van der Waals surface area contributed by atoms with Crippen LogP contribution in [0, 0.1) is 0 Å². The lowest BCUT2D eigenvalue weighted by molar-refractivity contribution is -0.167. The molecule has 364 valence electrons. The molecule has 0 N–H and O–H groups in total. The third-order valence-corrected chi connectivity index (χ3v) is 11.5. The van der Waals surface area contributed by atoms with Gasteiger partial charge in [0.05, 0.1) is 0 Å². The standard InChI is InChI=1S/C57H100O6/c1-4-7-10-13-16-19-22-25-28-29-30-33-35-38-41-44-47-50-56(59)62-53-54(63-57(60)51-48-45-42-39-36-32-27-24-21-18-15-12-9-6-3)52-61-55(58)49-46-43-40-37-34-31-26-23-20-17-14-11-8-5-2/h15-16,18-19,23-28,54H,4-14,17,20-22,29-53H2,1-3H3/b18-15-,19-16-,26-23-,27-24-,28-25-. The molecule has 0 aliphatic carbocycles. The van der Waals surface area contributed by atoms with Crippen molar-refractivity contribution < 1.29 is 28.6 Å². The maximum atomic E-state index is 12.8. The molecule has 0 radical (unpaired) electrons. The summed E-state index contributed by atoms with van der Waals surface area (Å²) in [5, 5.41) is 0. The molecule has 1 atom stereocenters. The van der Waals surface area contributed by atoms with Crippen molar-refractivity contribution in [3.8, 4) is 0 Å². The molecule has 0 aromatic rings. The molecule has 0 aliphatic heterocycles. The second-order valence-electron chi connectivity index (χ2n) is 17.8. The third-order valence-electron chi connectivity index (χ3n) is 11.5. The first-order valence-corrected chi connectivity index (χ1v) is 26.8. The SMILES string of the molecule is CCCC/C=C\C/C=C\CCCCCCCC(=O)OC(COC(=O)CCCCCCC/C=C\CCCCCCC)COC(=O)CCCCCCCCC/C=C\C/C=C\CCCCC. The Bertz CT molecular complexity index is 1150. The van der Waals surface area contributed by atoms with Crippen LogP contribution >= 0.6 is 0 Å². The van der Waals surface area contributed by atoms with E-state index in [-0.39, 0.29) is 31.1 Å². The van der Waals surface area contributed by atoms with Gasteiger partial charge in [-0.15, -0.1) is 0 Å². The molecule has 0 spiro atoms. The minimum absolute atomic E-state index is 0.0864. The summed E-state index contributed by atoms with van der Waals surface area (Å²) < 4.78 is 16.8. The Hall–Kier alpha value is -2.89. The van der Waals surface area contributed by atoms with Gasteiger partial charge in [-0.3, -0.25) is 14.4 Å². The second kappa shape index (κ2) is 51.7. The van der Waals surface area contributed by atoms with Gasteiger partial charge in [-0.1, -0.05) is 204 Å². The molecule has 0 fully saturated rings. The minimum Gasteiger partial charge on any atom is -0.462 e. The van der Waals surface area contributed by atoms with Gasteiger partial charge >= 0.3 is 17.9 Å². The van der Waals surface area contributed by atoms with E-state index >= 15 is 0 Å². The number of carbonyl (C=O) groups is 3. The van der Waals surface area contributed by atoms with Crippen molar-refractivity contribution in [2.45, 2.75) is 271 Å². The molecular formula is C57H100O6. The van der Waals surface area contributed by atoms with Crippen molar-refractivity contribution in [3.63, 3.8) is 0 Å². The van der Waals surface area contributed by atoms with Crippen LogP contribution in [0.2, 0.25) is 0 Å². The van der Waals surface area contributed by atoms with Gasteiger partial charge < -0.3 is 14.2 Å². The Morgan fingerprint density at radius 1 is 0.317 bits per heavy atom. The van der Waals surface area contributed by atoms with Crippen LogP contribution < -0.4 is 0 Å². The number of unbranched alkanes of at least 4 members (excludes halogenated alkanes) is 27. The fourth-order valence-corrected chi connectivity index (χ4v) is 7.37. The molecule has 0 aromatic heterocycles. The maximum absolute atomic E-state index is 12.8. The summed E-state index contributed by atoms with van der Waals surface area (Å²) in [6.07, 6.45) is 63.4. The number of esters is 3. The summed E-state index contributed by atoms with van der Waals surface area (Å²) in [5.74, 6) is -0.911. The van der Waals surface area contributed by atoms with Crippen LogP contribution in [-0.4, -0.2) is 37.2 Å². The van der Waals surface area contributed by atoms with E-state index in [1.54, 1.807) is 0 Å². The third kappa shape index (κ3) is 50.0. The first kappa shape index (κ1) is 60.1. The van der Waals surface area contributed by atoms with Crippen molar-refractivity contribution in [2.75, 3.05) is 13.2 Å². The van der Waals surface area contributed by atoms with Gasteiger partial charge in [0.15, 0.2) is 6.10 Å². The van der Waals surface area contributed by atoms with Gasteiger partial charge in [-0.25, -0.2) is 0 Å². The Labute approximate surface area is 390 Å². The van der Waals surface area contributed by atoms with Crippen LogP contribution in [0.4, 0.5) is 0 Å². The second-order valence-corrected chi connectivity index (χ2v) is 17.8. The highest BCUT2D eigenvalue weighted by molar-refractivity contribution is 5.71. The molecule has 0 saturated heterocycles. The molecule has 0 bridgehead atoms. The molecule has 1 unspecified atom stereocenters. The van der Waals surface area contributed by atoms with Gasteiger partial charge in [-0.2, -0.15) is 0 Å². The van der Waals surface area contributed by atoms with E-state index in [0.717, 1.165) is 103 Å². The lowest BCUT2D eigenvalue weighted by Gasteiger charge is -2.18.